The van der Waals surface area contributed by atoms with Crippen molar-refractivity contribution in [3.8, 4) is 6.07 Å². The molecule has 0 aliphatic heterocycles. The van der Waals surface area contributed by atoms with Gasteiger partial charge < -0.3 is 0 Å². The predicted molar refractivity (Wildman–Crippen MR) is 59.1 cm³/mol. The van der Waals surface area contributed by atoms with Crippen LogP contribution in [0.1, 0.15) is 31.7 Å². The highest BCUT2D eigenvalue weighted by Gasteiger charge is 2.37. The smallest absolute Gasteiger partial charge is 0.0693 e. The average Bonchev–Trinajstić information content (AvgIpc) is 2.77. The van der Waals surface area contributed by atoms with Crippen LogP contribution in [0.4, 0.5) is 0 Å². The summed E-state index contributed by atoms with van der Waals surface area (Å²) in [5.74, 6) is 0.730. The number of nitrogens with zero attached hydrogens (tertiary/aromatic N) is 1. The summed E-state index contributed by atoms with van der Waals surface area (Å²) >= 11 is 1.72. The molecule has 0 saturated heterocycles. The molecule has 1 nitrogen and oxygen atoms in total. The maximum absolute atomic E-state index is 9.29. The predicted octanol–water partition coefficient (Wildman–Crippen LogP) is 3.62. The minimum absolute atomic E-state index is 0.0551. The van der Waals surface area contributed by atoms with E-state index in [1.54, 1.807) is 11.3 Å². The molecule has 2 unspecified atom stereocenters. The van der Waals surface area contributed by atoms with E-state index in [1.165, 1.54) is 12.0 Å². The Morgan fingerprint density at radius 1 is 1.71 bits per heavy atom. The second-order valence-electron chi connectivity index (χ2n) is 4.55. The van der Waals surface area contributed by atoms with Gasteiger partial charge in [-0.25, -0.2) is 0 Å². The van der Waals surface area contributed by atoms with Gasteiger partial charge in [-0.1, -0.05) is 6.92 Å². The Bertz CT molecular complexity index is 336. The van der Waals surface area contributed by atoms with E-state index in [-0.39, 0.29) is 5.41 Å². The Labute approximate surface area is 89.4 Å². The third kappa shape index (κ3) is 1.83. The molecule has 1 saturated carbocycles. The van der Waals surface area contributed by atoms with Crippen LogP contribution in [0.3, 0.4) is 0 Å². The lowest BCUT2D eigenvalue weighted by atomic mass is 9.81. The van der Waals surface area contributed by atoms with E-state index in [0.29, 0.717) is 0 Å². The van der Waals surface area contributed by atoms with Crippen molar-refractivity contribution in [2.45, 2.75) is 32.6 Å². The molecule has 0 N–H and O–H groups in total. The van der Waals surface area contributed by atoms with Gasteiger partial charge in [0.2, 0.25) is 0 Å². The molecular formula is C12H15NS. The third-order valence-corrected chi connectivity index (χ3v) is 3.95. The molecule has 2 heteroatoms. The van der Waals surface area contributed by atoms with E-state index in [9.17, 15) is 5.26 Å². The van der Waals surface area contributed by atoms with Crippen LogP contribution < -0.4 is 0 Å². The lowest BCUT2D eigenvalue weighted by Gasteiger charge is -2.19. The van der Waals surface area contributed by atoms with Gasteiger partial charge in [-0.2, -0.15) is 16.6 Å². The van der Waals surface area contributed by atoms with E-state index in [2.05, 4.69) is 29.8 Å². The number of hydrogen-bond donors (Lipinski definition) is 0. The minimum Gasteiger partial charge on any atom is -0.198 e. The van der Waals surface area contributed by atoms with Gasteiger partial charge >= 0.3 is 0 Å². The van der Waals surface area contributed by atoms with Crippen molar-refractivity contribution in [1.82, 2.24) is 0 Å². The Hall–Kier alpha value is -0.810. The zero-order valence-corrected chi connectivity index (χ0v) is 9.31. The molecule has 0 aromatic carbocycles. The number of hydrogen-bond acceptors (Lipinski definition) is 2. The molecule has 0 radical (unpaired) electrons. The largest absolute Gasteiger partial charge is 0.198 e. The lowest BCUT2D eigenvalue weighted by molar-refractivity contribution is 0.392. The van der Waals surface area contributed by atoms with Gasteiger partial charge in [-0.15, -0.1) is 0 Å². The summed E-state index contributed by atoms with van der Waals surface area (Å²) in [5, 5.41) is 13.6. The SMILES string of the molecule is CC1CCC(C#N)(Cc2ccsc2)C1. The first-order chi connectivity index (χ1) is 6.74. The van der Waals surface area contributed by atoms with Gasteiger partial charge in [0.05, 0.1) is 11.5 Å². The molecule has 1 heterocycles. The monoisotopic (exact) mass is 205 g/mol. The van der Waals surface area contributed by atoms with Crippen LogP contribution in [-0.4, -0.2) is 0 Å². The first-order valence-electron chi connectivity index (χ1n) is 5.16. The first-order valence-corrected chi connectivity index (χ1v) is 6.11. The van der Waals surface area contributed by atoms with E-state index in [0.717, 1.165) is 25.2 Å². The average molecular weight is 205 g/mol. The normalized spacial score (nSPS) is 31.6. The molecule has 1 fully saturated rings. The van der Waals surface area contributed by atoms with Crippen molar-refractivity contribution in [1.29, 1.82) is 5.26 Å². The Kier molecular flexibility index (Phi) is 2.60. The topological polar surface area (TPSA) is 23.8 Å². The second kappa shape index (κ2) is 3.74. The quantitative estimate of drug-likeness (QED) is 0.723. The van der Waals surface area contributed by atoms with Crippen LogP contribution in [-0.2, 0) is 6.42 Å². The van der Waals surface area contributed by atoms with E-state index >= 15 is 0 Å². The number of thiophene rings is 1. The van der Waals surface area contributed by atoms with Gasteiger partial charge in [0, 0.05) is 0 Å². The van der Waals surface area contributed by atoms with Crippen LogP contribution >= 0.6 is 11.3 Å². The fourth-order valence-corrected chi connectivity index (χ4v) is 3.15. The van der Waals surface area contributed by atoms with E-state index in [4.69, 9.17) is 0 Å². The molecule has 2 atom stereocenters. The molecule has 14 heavy (non-hydrogen) atoms. The summed E-state index contributed by atoms with van der Waals surface area (Å²) < 4.78 is 0. The maximum Gasteiger partial charge on any atom is 0.0693 e. The van der Waals surface area contributed by atoms with Crippen molar-refractivity contribution >= 4 is 11.3 Å². The molecule has 0 amide bonds. The Morgan fingerprint density at radius 3 is 3.07 bits per heavy atom. The molecule has 2 rings (SSSR count). The molecule has 0 spiro atoms. The van der Waals surface area contributed by atoms with Crippen molar-refractivity contribution in [3.63, 3.8) is 0 Å². The highest BCUT2D eigenvalue weighted by molar-refractivity contribution is 7.07. The van der Waals surface area contributed by atoms with Crippen molar-refractivity contribution in [2.24, 2.45) is 11.3 Å². The summed E-state index contributed by atoms with van der Waals surface area (Å²) in [6, 6.07) is 4.70. The molecule has 1 aliphatic carbocycles. The molecule has 1 aromatic heterocycles. The third-order valence-electron chi connectivity index (χ3n) is 3.21. The summed E-state index contributed by atoms with van der Waals surface area (Å²) in [5.41, 5.74) is 1.28. The first kappa shape index (κ1) is 9.73. The van der Waals surface area contributed by atoms with Crippen LogP contribution in [0.15, 0.2) is 16.8 Å². The molecule has 1 aliphatic rings. The highest BCUT2D eigenvalue weighted by atomic mass is 32.1. The van der Waals surface area contributed by atoms with Gasteiger partial charge in [0.15, 0.2) is 0 Å². The van der Waals surface area contributed by atoms with Gasteiger partial charge in [0.1, 0.15) is 0 Å². The second-order valence-corrected chi connectivity index (χ2v) is 5.33. The molecule has 1 aromatic rings. The number of nitriles is 1. The van der Waals surface area contributed by atoms with Crippen molar-refractivity contribution in [3.05, 3.63) is 22.4 Å². The highest BCUT2D eigenvalue weighted by Crippen LogP contribution is 2.43. The Morgan fingerprint density at radius 2 is 2.57 bits per heavy atom. The fraction of sp³-hybridized carbons (Fsp3) is 0.583. The standard InChI is InChI=1S/C12H15NS/c1-10-2-4-12(6-10,9-13)7-11-3-5-14-8-11/h3,5,8,10H,2,4,6-7H2,1H3. The molecule has 0 bridgehead atoms. The lowest BCUT2D eigenvalue weighted by Crippen LogP contribution is -2.17. The van der Waals surface area contributed by atoms with Crippen molar-refractivity contribution < 1.29 is 0 Å². The van der Waals surface area contributed by atoms with Crippen LogP contribution in [0.25, 0.3) is 0 Å². The molecule has 74 valence electrons. The zero-order chi connectivity index (χ0) is 10.0. The fourth-order valence-electron chi connectivity index (χ4n) is 2.48. The van der Waals surface area contributed by atoms with Crippen molar-refractivity contribution in [2.75, 3.05) is 0 Å². The van der Waals surface area contributed by atoms with E-state index in [1.807, 2.05) is 0 Å². The molecular weight excluding hydrogens is 190 g/mol. The Balaban J connectivity index is 2.12. The zero-order valence-electron chi connectivity index (χ0n) is 8.49. The van der Waals surface area contributed by atoms with Crippen LogP contribution in [0, 0.1) is 22.7 Å². The van der Waals surface area contributed by atoms with Gasteiger partial charge in [0.25, 0.3) is 0 Å². The van der Waals surface area contributed by atoms with Gasteiger partial charge in [-0.05, 0) is 54.0 Å². The van der Waals surface area contributed by atoms with Crippen LogP contribution in [0.5, 0.6) is 0 Å². The number of rotatable bonds is 2. The summed E-state index contributed by atoms with van der Waals surface area (Å²) in [6.07, 6.45) is 4.34. The minimum atomic E-state index is -0.0551. The summed E-state index contributed by atoms with van der Waals surface area (Å²) in [4.78, 5) is 0. The maximum atomic E-state index is 9.29. The van der Waals surface area contributed by atoms with E-state index < -0.39 is 0 Å². The summed E-state index contributed by atoms with van der Waals surface area (Å²) in [6.45, 7) is 2.26. The van der Waals surface area contributed by atoms with Gasteiger partial charge in [-0.3, -0.25) is 0 Å². The summed E-state index contributed by atoms with van der Waals surface area (Å²) in [7, 11) is 0. The van der Waals surface area contributed by atoms with Crippen LogP contribution in [0.2, 0.25) is 0 Å².